The molecule has 0 aliphatic carbocycles. The molecule has 0 saturated carbocycles. The van der Waals surface area contributed by atoms with E-state index >= 15 is 0 Å². The van der Waals surface area contributed by atoms with Gasteiger partial charge in [-0.3, -0.25) is 4.72 Å². The molecule has 4 nitrogen and oxygen atoms in total. The lowest BCUT2D eigenvalue weighted by atomic mass is 10.1. The van der Waals surface area contributed by atoms with Gasteiger partial charge in [-0.2, -0.15) is 0 Å². The number of sulfonamides is 1. The molecular formula is C18H14ClFN2O2S. The summed E-state index contributed by atoms with van der Waals surface area (Å²) in [6.45, 7) is 1.64. The molecule has 0 unspecified atom stereocenters. The SMILES string of the molecule is Cc1c(Cl)cccc1S(=O)(=O)Nc1ccc(-c2cccc(F)c2)cn1. The number of hydrogen-bond acceptors (Lipinski definition) is 3. The van der Waals surface area contributed by atoms with Crippen LogP contribution in [0, 0.1) is 12.7 Å². The van der Waals surface area contributed by atoms with Gasteiger partial charge in [0.15, 0.2) is 0 Å². The van der Waals surface area contributed by atoms with Crippen LogP contribution in [-0.2, 0) is 10.0 Å². The number of hydrogen-bond donors (Lipinski definition) is 1. The van der Waals surface area contributed by atoms with Crippen LogP contribution in [0.15, 0.2) is 65.7 Å². The van der Waals surface area contributed by atoms with Crippen molar-refractivity contribution in [3.8, 4) is 11.1 Å². The lowest BCUT2D eigenvalue weighted by Crippen LogP contribution is -2.15. The molecule has 128 valence electrons. The van der Waals surface area contributed by atoms with E-state index in [0.717, 1.165) is 0 Å². The van der Waals surface area contributed by atoms with Crippen molar-refractivity contribution in [2.24, 2.45) is 0 Å². The summed E-state index contributed by atoms with van der Waals surface area (Å²) in [4.78, 5) is 4.20. The third-order valence-corrected chi connectivity index (χ3v) is 5.58. The van der Waals surface area contributed by atoms with Crippen LogP contribution in [0.1, 0.15) is 5.56 Å². The Balaban J connectivity index is 1.87. The van der Waals surface area contributed by atoms with E-state index in [4.69, 9.17) is 11.6 Å². The van der Waals surface area contributed by atoms with E-state index in [1.807, 2.05) is 0 Å². The van der Waals surface area contributed by atoms with Crippen LogP contribution in [0.5, 0.6) is 0 Å². The van der Waals surface area contributed by atoms with E-state index in [1.165, 1.54) is 30.5 Å². The van der Waals surface area contributed by atoms with Crippen LogP contribution in [0.4, 0.5) is 10.2 Å². The Morgan fingerprint density at radius 2 is 1.80 bits per heavy atom. The highest BCUT2D eigenvalue weighted by Crippen LogP contribution is 2.25. The highest BCUT2D eigenvalue weighted by Gasteiger charge is 2.18. The van der Waals surface area contributed by atoms with E-state index in [9.17, 15) is 12.8 Å². The van der Waals surface area contributed by atoms with Gasteiger partial charge in [0.1, 0.15) is 11.6 Å². The van der Waals surface area contributed by atoms with Crippen LogP contribution in [0.3, 0.4) is 0 Å². The van der Waals surface area contributed by atoms with Crippen LogP contribution in [-0.4, -0.2) is 13.4 Å². The number of benzene rings is 2. The minimum absolute atomic E-state index is 0.0935. The van der Waals surface area contributed by atoms with Gasteiger partial charge in [-0.15, -0.1) is 0 Å². The Morgan fingerprint density at radius 1 is 1.04 bits per heavy atom. The Kier molecular flexibility index (Phi) is 4.74. The van der Waals surface area contributed by atoms with Gasteiger partial charge in [0, 0.05) is 16.8 Å². The van der Waals surface area contributed by atoms with Crippen molar-refractivity contribution in [1.82, 2.24) is 4.98 Å². The average Bonchev–Trinajstić information content (AvgIpc) is 2.57. The molecule has 2 aromatic carbocycles. The fourth-order valence-electron chi connectivity index (χ4n) is 2.36. The number of aromatic nitrogens is 1. The Morgan fingerprint density at radius 3 is 2.48 bits per heavy atom. The molecular weight excluding hydrogens is 363 g/mol. The molecule has 1 N–H and O–H groups in total. The first kappa shape index (κ1) is 17.4. The number of rotatable bonds is 4. The molecule has 0 amide bonds. The predicted octanol–water partition coefficient (Wildman–Crippen LogP) is 4.65. The largest absolute Gasteiger partial charge is 0.263 e. The molecule has 0 aliphatic rings. The Hall–Kier alpha value is -2.44. The van der Waals surface area contributed by atoms with Crippen LogP contribution in [0.2, 0.25) is 5.02 Å². The molecule has 1 heterocycles. The van der Waals surface area contributed by atoms with Crippen molar-refractivity contribution in [3.63, 3.8) is 0 Å². The van der Waals surface area contributed by atoms with Crippen LogP contribution < -0.4 is 4.72 Å². The van der Waals surface area contributed by atoms with Gasteiger partial charge in [-0.25, -0.2) is 17.8 Å². The fraction of sp³-hybridized carbons (Fsp3) is 0.0556. The monoisotopic (exact) mass is 376 g/mol. The lowest BCUT2D eigenvalue weighted by Gasteiger charge is -2.11. The zero-order chi connectivity index (χ0) is 18.0. The maximum Gasteiger partial charge on any atom is 0.263 e. The number of nitrogens with zero attached hydrogens (tertiary/aromatic N) is 1. The van der Waals surface area contributed by atoms with Crippen molar-refractivity contribution >= 4 is 27.4 Å². The van der Waals surface area contributed by atoms with Crippen molar-refractivity contribution in [2.45, 2.75) is 11.8 Å². The lowest BCUT2D eigenvalue weighted by molar-refractivity contribution is 0.600. The average molecular weight is 377 g/mol. The second-order valence-electron chi connectivity index (χ2n) is 5.41. The Bertz CT molecular complexity index is 1020. The van der Waals surface area contributed by atoms with Crippen molar-refractivity contribution in [3.05, 3.63) is 77.2 Å². The van der Waals surface area contributed by atoms with Gasteiger partial charge in [0.25, 0.3) is 10.0 Å². The van der Waals surface area contributed by atoms with E-state index in [0.29, 0.717) is 21.7 Å². The first-order chi connectivity index (χ1) is 11.9. The molecule has 0 spiro atoms. The summed E-state index contributed by atoms with van der Waals surface area (Å²) < 4.78 is 40.7. The zero-order valence-corrected chi connectivity index (χ0v) is 14.8. The van der Waals surface area contributed by atoms with Gasteiger partial charge >= 0.3 is 0 Å². The molecule has 25 heavy (non-hydrogen) atoms. The normalized spacial score (nSPS) is 11.3. The minimum atomic E-state index is -3.81. The summed E-state index contributed by atoms with van der Waals surface area (Å²) >= 11 is 5.99. The van der Waals surface area contributed by atoms with E-state index in [1.54, 1.807) is 37.3 Å². The molecule has 0 radical (unpaired) electrons. The van der Waals surface area contributed by atoms with E-state index in [2.05, 4.69) is 9.71 Å². The highest BCUT2D eigenvalue weighted by molar-refractivity contribution is 7.92. The summed E-state index contributed by atoms with van der Waals surface area (Å²) in [7, 11) is -3.81. The van der Waals surface area contributed by atoms with Crippen molar-refractivity contribution in [2.75, 3.05) is 4.72 Å². The molecule has 0 fully saturated rings. The quantitative estimate of drug-likeness (QED) is 0.721. The summed E-state index contributed by atoms with van der Waals surface area (Å²) in [5.74, 6) is -0.182. The molecule has 0 aliphatic heterocycles. The Labute approximate surface area is 150 Å². The number of pyridine rings is 1. The molecule has 0 saturated heterocycles. The minimum Gasteiger partial charge on any atom is -0.263 e. The van der Waals surface area contributed by atoms with Gasteiger partial charge in [-0.05, 0) is 54.4 Å². The third-order valence-electron chi connectivity index (χ3n) is 3.67. The van der Waals surface area contributed by atoms with Crippen LogP contribution in [0.25, 0.3) is 11.1 Å². The van der Waals surface area contributed by atoms with Gasteiger partial charge in [0.05, 0.1) is 4.90 Å². The summed E-state index contributed by atoms with van der Waals surface area (Å²) in [6.07, 6.45) is 1.48. The predicted molar refractivity (Wildman–Crippen MR) is 96.6 cm³/mol. The number of halogens is 2. The molecule has 0 bridgehead atoms. The molecule has 3 aromatic rings. The maximum absolute atomic E-state index is 13.3. The number of anilines is 1. The highest BCUT2D eigenvalue weighted by atomic mass is 35.5. The standard InChI is InChI=1S/C18H14ClFN2O2S/c1-12-16(19)6-3-7-17(12)25(23,24)22-18-9-8-14(11-21-18)13-4-2-5-15(20)10-13/h2-11H,1H3,(H,21,22). The van der Waals surface area contributed by atoms with Crippen LogP contribution >= 0.6 is 11.6 Å². The molecule has 3 rings (SSSR count). The fourth-order valence-corrected chi connectivity index (χ4v) is 3.87. The van der Waals surface area contributed by atoms with Crippen molar-refractivity contribution < 1.29 is 12.8 Å². The number of nitrogens with one attached hydrogen (secondary N) is 1. The van der Waals surface area contributed by atoms with Gasteiger partial charge in [-0.1, -0.05) is 29.8 Å². The third kappa shape index (κ3) is 3.81. The van der Waals surface area contributed by atoms with E-state index in [-0.39, 0.29) is 16.5 Å². The summed E-state index contributed by atoms with van der Waals surface area (Å²) in [6, 6.07) is 14.0. The first-order valence-corrected chi connectivity index (χ1v) is 9.23. The zero-order valence-electron chi connectivity index (χ0n) is 13.2. The van der Waals surface area contributed by atoms with Crippen molar-refractivity contribution in [1.29, 1.82) is 0 Å². The second-order valence-corrected chi connectivity index (χ2v) is 7.47. The molecule has 1 aromatic heterocycles. The smallest absolute Gasteiger partial charge is 0.263 e. The maximum atomic E-state index is 13.3. The second kappa shape index (κ2) is 6.82. The molecule has 0 atom stereocenters. The van der Waals surface area contributed by atoms with E-state index < -0.39 is 10.0 Å². The molecule has 7 heteroatoms. The summed E-state index contributed by atoms with van der Waals surface area (Å²) in [5.41, 5.74) is 1.81. The van der Waals surface area contributed by atoms with Gasteiger partial charge in [0.2, 0.25) is 0 Å². The van der Waals surface area contributed by atoms with Gasteiger partial charge < -0.3 is 0 Å². The first-order valence-electron chi connectivity index (χ1n) is 7.37. The summed E-state index contributed by atoms with van der Waals surface area (Å²) in [5, 5.41) is 0.372. The topological polar surface area (TPSA) is 59.1 Å².